The fourth-order valence-electron chi connectivity index (χ4n) is 2.84. The quantitative estimate of drug-likeness (QED) is 0.482. The van der Waals surface area contributed by atoms with Crippen LogP contribution in [0.15, 0.2) is 30.5 Å². The lowest BCUT2D eigenvalue weighted by atomic mass is 10.2. The fourth-order valence-corrected chi connectivity index (χ4v) is 3.03. The molecular formula is C25H33ClN2O8. The molecule has 0 saturated heterocycles. The number of amides is 1. The molecule has 1 aromatic heterocycles. The Morgan fingerprint density at radius 3 is 2.28 bits per heavy atom. The van der Waals surface area contributed by atoms with E-state index in [2.05, 4.69) is 4.98 Å². The molecule has 2 aromatic rings. The molecule has 0 bridgehead atoms. The first-order chi connectivity index (χ1) is 17.0. The Bertz CT molecular complexity index is 1030. The highest BCUT2D eigenvalue weighted by molar-refractivity contribution is 6.32. The summed E-state index contributed by atoms with van der Waals surface area (Å²) in [5.74, 6) is 0.221. The van der Waals surface area contributed by atoms with E-state index in [-0.39, 0.29) is 35.0 Å². The molecule has 1 atom stereocenters. The summed E-state index contributed by atoms with van der Waals surface area (Å²) < 4.78 is 19.7. The molecule has 198 valence electrons. The number of hydrogen-bond acceptors (Lipinski definition) is 9. The summed E-state index contributed by atoms with van der Waals surface area (Å²) in [6.45, 7) is 5.01. The molecule has 1 aromatic carbocycles. The summed E-state index contributed by atoms with van der Waals surface area (Å²) in [6, 6.07) is 6.01. The molecule has 1 saturated carbocycles. The number of primary amides is 1. The minimum Gasteiger partial charge on any atom is -0.508 e. The third kappa shape index (κ3) is 11.3. The van der Waals surface area contributed by atoms with E-state index in [0.29, 0.717) is 17.2 Å². The third-order valence-electron chi connectivity index (χ3n) is 4.69. The average molecular weight is 525 g/mol. The molecule has 1 unspecified atom stereocenters. The average Bonchev–Trinajstić information content (AvgIpc) is 3.64. The van der Waals surface area contributed by atoms with Crippen LogP contribution in [0, 0.1) is 5.92 Å². The molecule has 10 nitrogen and oxygen atoms in total. The third-order valence-corrected chi connectivity index (χ3v) is 5.00. The number of hydrogen-bond donors (Lipinski definition) is 2. The van der Waals surface area contributed by atoms with Crippen molar-refractivity contribution in [2.45, 2.75) is 52.6 Å². The highest BCUT2D eigenvalue weighted by Crippen LogP contribution is 2.34. The number of halogens is 1. The van der Waals surface area contributed by atoms with Crippen molar-refractivity contribution >= 4 is 29.4 Å². The van der Waals surface area contributed by atoms with Gasteiger partial charge in [-0.1, -0.05) is 31.4 Å². The molecule has 0 aliphatic heterocycles. The number of phenols is 1. The fraction of sp³-hybridized carbons (Fsp3) is 0.440. The molecular weight excluding hydrogens is 492 g/mol. The minimum absolute atomic E-state index is 0.0556. The van der Waals surface area contributed by atoms with Crippen molar-refractivity contribution in [3.05, 3.63) is 41.2 Å². The minimum atomic E-state index is -0.787. The lowest BCUT2D eigenvalue weighted by molar-refractivity contribution is -0.148. The number of carbonyl (C=O) groups excluding carboxylic acids is 3. The van der Waals surface area contributed by atoms with Crippen LogP contribution in [0.1, 0.15) is 56.9 Å². The molecule has 36 heavy (non-hydrogen) atoms. The molecule has 1 heterocycles. The SMILES string of the molecule is CCC(=O)OC(C)CC1CC1.COc1cc(O)ccc1Cl.COc1ccnc(C(N)=O)c1OC(C)=O. The zero-order valence-corrected chi connectivity index (χ0v) is 21.8. The molecule has 11 heteroatoms. The van der Waals surface area contributed by atoms with Gasteiger partial charge in [-0.3, -0.25) is 14.4 Å². The number of esters is 2. The van der Waals surface area contributed by atoms with E-state index in [1.165, 1.54) is 58.4 Å². The maximum Gasteiger partial charge on any atom is 0.308 e. The van der Waals surface area contributed by atoms with Crippen molar-refractivity contribution in [2.75, 3.05) is 14.2 Å². The van der Waals surface area contributed by atoms with E-state index in [4.69, 9.17) is 41.4 Å². The van der Waals surface area contributed by atoms with Crippen molar-refractivity contribution in [1.82, 2.24) is 4.98 Å². The Morgan fingerprint density at radius 2 is 1.81 bits per heavy atom. The second-order valence-electron chi connectivity index (χ2n) is 7.80. The van der Waals surface area contributed by atoms with Crippen LogP contribution in [0.4, 0.5) is 0 Å². The van der Waals surface area contributed by atoms with E-state index < -0.39 is 11.9 Å². The van der Waals surface area contributed by atoms with Crippen LogP contribution < -0.4 is 19.9 Å². The van der Waals surface area contributed by atoms with Gasteiger partial charge in [0.1, 0.15) is 11.5 Å². The Balaban J connectivity index is 0.000000277. The number of benzene rings is 1. The number of rotatable bonds is 8. The van der Waals surface area contributed by atoms with Crippen molar-refractivity contribution in [3.63, 3.8) is 0 Å². The molecule has 3 N–H and O–H groups in total. The molecule has 1 aliphatic rings. The van der Waals surface area contributed by atoms with Gasteiger partial charge in [-0.2, -0.15) is 0 Å². The monoisotopic (exact) mass is 524 g/mol. The highest BCUT2D eigenvalue weighted by Gasteiger charge is 2.24. The number of phenolic OH excluding ortho intramolecular Hbond substituents is 1. The second-order valence-corrected chi connectivity index (χ2v) is 8.21. The predicted molar refractivity (Wildman–Crippen MR) is 133 cm³/mol. The molecule has 1 amide bonds. The Kier molecular flexibility index (Phi) is 13.1. The normalized spacial score (nSPS) is 12.5. The van der Waals surface area contributed by atoms with Crippen LogP contribution in [0.3, 0.4) is 0 Å². The summed E-state index contributed by atoms with van der Waals surface area (Å²) >= 11 is 5.66. The van der Waals surface area contributed by atoms with Crippen LogP contribution in [0.5, 0.6) is 23.0 Å². The number of aromatic nitrogens is 1. The van der Waals surface area contributed by atoms with E-state index in [1.54, 1.807) is 6.07 Å². The maximum atomic E-state index is 11.0. The van der Waals surface area contributed by atoms with E-state index >= 15 is 0 Å². The first-order valence-corrected chi connectivity index (χ1v) is 11.6. The van der Waals surface area contributed by atoms with Crippen molar-refractivity contribution < 1.29 is 38.4 Å². The summed E-state index contributed by atoms with van der Waals surface area (Å²) in [6.07, 6.45) is 5.68. The largest absolute Gasteiger partial charge is 0.508 e. The first kappa shape index (κ1) is 30.5. The smallest absolute Gasteiger partial charge is 0.308 e. The van der Waals surface area contributed by atoms with Crippen LogP contribution in [-0.2, 0) is 14.3 Å². The van der Waals surface area contributed by atoms with Gasteiger partial charge in [-0.05, 0) is 31.4 Å². The number of aromatic hydroxyl groups is 1. The molecule has 0 spiro atoms. The summed E-state index contributed by atoms with van der Waals surface area (Å²) in [5, 5.41) is 9.43. The summed E-state index contributed by atoms with van der Waals surface area (Å²) in [4.78, 5) is 36.3. The topological polar surface area (TPSA) is 147 Å². The van der Waals surface area contributed by atoms with Gasteiger partial charge >= 0.3 is 11.9 Å². The Morgan fingerprint density at radius 1 is 1.17 bits per heavy atom. The van der Waals surface area contributed by atoms with Crippen LogP contribution in [0.2, 0.25) is 5.02 Å². The van der Waals surface area contributed by atoms with Gasteiger partial charge in [-0.25, -0.2) is 4.98 Å². The number of ether oxygens (including phenoxy) is 4. The summed E-state index contributed by atoms with van der Waals surface area (Å²) in [5.41, 5.74) is 4.93. The Hall–Kier alpha value is -3.53. The molecule has 0 radical (unpaired) electrons. The number of carbonyl (C=O) groups is 3. The van der Waals surface area contributed by atoms with E-state index in [1.807, 2.05) is 13.8 Å². The lowest BCUT2D eigenvalue weighted by Crippen LogP contribution is -2.16. The lowest BCUT2D eigenvalue weighted by Gasteiger charge is -2.11. The number of pyridine rings is 1. The standard InChI is InChI=1S/C9H10N2O4.C9H16O2.C7H7ClO2/c1-5(12)15-8-6(14-2)3-4-11-7(8)9(10)13;1-3-9(10)11-7(2)6-8-4-5-8;1-10-7-4-5(9)2-3-6(7)8/h3-4H,1-2H3,(H2,10,13);7-8H,3-6H2,1-2H3;2-4,9H,1H3. The Labute approximate surface area is 215 Å². The van der Waals surface area contributed by atoms with E-state index in [0.717, 1.165) is 12.3 Å². The number of nitrogens with two attached hydrogens (primary N) is 1. The van der Waals surface area contributed by atoms with Crippen LogP contribution >= 0.6 is 11.6 Å². The van der Waals surface area contributed by atoms with Crippen molar-refractivity contribution in [2.24, 2.45) is 11.7 Å². The molecule has 3 rings (SSSR count). The predicted octanol–water partition coefficient (Wildman–Crippen LogP) is 4.30. The number of nitrogens with zero attached hydrogens (tertiary/aromatic N) is 1. The van der Waals surface area contributed by atoms with Gasteiger partial charge in [0.05, 0.1) is 25.3 Å². The second kappa shape index (κ2) is 15.5. The van der Waals surface area contributed by atoms with Gasteiger partial charge in [0.15, 0.2) is 11.4 Å². The van der Waals surface area contributed by atoms with Crippen LogP contribution in [0.25, 0.3) is 0 Å². The van der Waals surface area contributed by atoms with Gasteiger partial charge in [0.25, 0.3) is 5.91 Å². The van der Waals surface area contributed by atoms with E-state index in [9.17, 15) is 14.4 Å². The molecule has 1 aliphatic carbocycles. The highest BCUT2D eigenvalue weighted by atomic mass is 35.5. The van der Waals surface area contributed by atoms with Gasteiger partial charge in [0.2, 0.25) is 5.75 Å². The zero-order chi connectivity index (χ0) is 27.3. The van der Waals surface area contributed by atoms with Gasteiger partial charge in [0, 0.05) is 31.7 Å². The zero-order valence-electron chi connectivity index (χ0n) is 21.1. The maximum absolute atomic E-state index is 11.0. The van der Waals surface area contributed by atoms with Gasteiger partial charge in [-0.15, -0.1) is 0 Å². The summed E-state index contributed by atoms with van der Waals surface area (Å²) in [7, 11) is 2.88. The number of methoxy groups -OCH3 is 2. The van der Waals surface area contributed by atoms with Gasteiger partial charge < -0.3 is 29.8 Å². The van der Waals surface area contributed by atoms with Crippen molar-refractivity contribution in [1.29, 1.82) is 0 Å². The van der Waals surface area contributed by atoms with Crippen LogP contribution in [-0.4, -0.2) is 48.3 Å². The van der Waals surface area contributed by atoms with Crippen molar-refractivity contribution in [3.8, 4) is 23.0 Å². The first-order valence-electron chi connectivity index (χ1n) is 11.2. The molecule has 1 fully saturated rings.